The van der Waals surface area contributed by atoms with Crippen LogP contribution in [0, 0.1) is 5.92 Å². The summed E-state index contributed by atoms with van der Waals surface area (Å²) in [6, 6.07) is 7.46. The molecule has 0 saturated heterocycles. The summed E-state index contributed by atoms with van der Waals surface area (Å²) >= 11 is 0. The molecule has 2 rings (SSSR count). The lowest BCUT2D eigenvalue weighted by Crippen LogP contribution is -2.28. The molecule has 1 atom stereocenters. The van der Waals surface area contributed by atoms with Gasteiger partial charge in [0.2, 0.25) is 0 Å². The zero-order chi connectivity index (χ0) is 11.7. The first kappa shape index (κ1) is 10.7. The van der Waals surface area contributed by atoms with E-state index in [0.29, 0.717) is 6.42 Å². The van der Waals surface area contributed by atoms with Crippen molar-refractivity contribution in [2.75, 3.05) is 0 Å². The fraction of sp³-hybridized carbons (Fsp3) is 0.333. The lowest BCUT2D eigenvalue weighted by atomic mass is 9.87. The van der Waals surface area contributed by atoms with Crippen LogP contribution in [0.3, 0.4) is 0 Å². The number of carboxylic acids is 2. The standard InChI is InChI=1S/C12H12O4/c13-11(14)10(12(15)16)9-6-5-7-3-1-2-4-8(7)9/h1-4,9-10H,5-6H2,(H,13,14)(H,15,16)/t9-/m0/s1. The Hall–Kier alpha value is -1.84. The van der Waals surface area contributed by atoms with Crippen molar-refractivity contribution in [3.63, 3.8) is 0 Å². The van der Waals surface area contributed by atoms with Crippen LogP contribution < -0.4 is 0 Å². The van der Waals surface area contributed by atoms with Crippen LogP contribution in [0.2, 0.25) is 0 Å². The van der Waals surface area contributed by atoms with Crippen molar-refractivity contribution in [3.05, 3.63) is 35.4 Å². The van der Waals surface area contributed by atoms with Crippen LogP contribution in [0.25, 0.3) is 0 Å². The molecule has 0 amide bonds. The molecule has 2 N–H and O–H groups in total. The number of benzene rings is 1. The monoisotopic (exact) mass is 220 g/mol. The highest BCUT2D eigenvalue weighted by molar-refractivity contribution is 5.94. The Labute approximate surface area is 92.5 Å². The molecule has 0 spiro atoms. The van der Waals surface area contributed by atoms with E-state index in [9.17, 15) is 9.59 Å². The lowest BCUT2D eigenvalue weighted by molar-refractivity contribution is -0.155. The highest BCUT2D eigenvalue weighted by atomic mass is 16.4. The number of fused-ring (bicyclic) bond motifs is 1. The van der Waals surface area contributed by atoms with Crippen LogP contribution in [-0.4, -0.2) is 22.2 Å². The minimum absolute atomic E-state index is 0.397. The van der Waals surface area contributed by atoms with E-state index >= 15 is 0 Å². The van der Waals surface area contributed by atoms with Crippen LogP contribution in [0.1, 0.15) is 23.5 Å². The van der Waals surface area contributed by atoms with Gasteiger partial charge < -0.3 is 10.2 Å². The summed E-state index contributed by atoms with van der Waals surface area (Å²) in [5.74, 6) is -4.24. The number of aryl methyl sites for hydroxylation is 1. The zero-order valence-corrected chi connectivity index (χ0v) is 8.59. The molecule has 0 heterocycles. The maximum absolute atomic E-state index is 11.0. The fourth-order valence-corrected chi connectivity index (χ4v) is 2.39. The number of hydrogen-bond donors (Lipinski definition) is 2. The predicted molar refractivity (Wildman–Crippen MR) is 56.3 cm³/mol. The van der Waals surface area contributed by atoms with Gasteiger partial charge >= 0.3 is 11.9 Å². The maximum Gasteiger partial charge on any atom is 0.318 e. The van der Waals surface area contributed by atoms with E-state index in [4.69, 9.17) is 10.2 Å². The molecule has 0 unspecified atom stereocenters. The highest BCUT2D eigenvalue weighted by Crippen LogP contribution is 2.38. The molecule has 1 aliphatic carbocycles. The fourth-order valence-electron chi connectivity index (χ4n) is 2.39. The Balaban J connectivity index is 2.36. The van der Waals surface area contributed by atoms with Gasteiger partial charge in [-0.15, -0.1) is 0 Å². The zero-order valence-electron chi connectivity index (χ0n) is 8.59. The van der Waals surface area contributed by atoms with E-state index in [2.05, 4.69) is 0 Å². The van der Waals surface area contributed by atoms with Crippen LogP contribution in [0.15, 0.2) is 24.3 Å². The third-order valence-corrected chi connectivity index (χ3v) is 3.11. The predicted octanol–water partition coefficient (Wildman–Crippen LogP) is 1.50. The molecule has 0 radical (unpaired) electrons. The molecule has 1 aromatic carbocycles. The number of carbonyl (C=O) groups is 2. The smallest absolute Gasteiger partial charge is 0.318 e. The SMILES string of the molecule is O=C(O)C(C(=O)O)[C@H]1CCc2ccccc21. The molecule has 84 valence electrons. The molecule has 1 aromatic rings. The molecule has 4 heteroatoms. The quantitative estimate of drug-likeness (QED) is 0.757. The van der Waals surface area contributed by atoms with Gasteiger partial charge in [-0.2, -0.15) is 0 Å². The minimum Gasteiger partial charge on any atom is -0.481 e. The summed E-state index contributed by atoms with van der Waals surface area (Å²) in [6.07, 6.45) is 1.36. The Morgan fingerprint density at radius 3 is 2.44 bits per heavy atom. The second-order valence-electron chi connectivity index (χ2n) is 4.00. The largest absolute Gasteiger partial charge is 0.481 e. The first-order chi connectivity index (χ1) is 7.61. The van der Waals surface area contributed by atoms with Gasteiger partial charge in [0.05, 0.1) is 0 Å². The summed E-state index contributed by atoms with van der Waals surface area (Å²) in [5.41, 5.74) is 1.94. The molecule has 0 aliphatic heterocycles. The number of aliphatic carboxylic acids is 2. The summed E-state index contributed by atoms with van der Waals surface area (Å²) in [4.78, 5) is 21.9. The van der Waals surface area contributed by atoms with Crippen molar-refractivity contribution in [2.45, 2.75) is 18.8 Å². The molecule has 1 aliphatic rings. The van der Waals surface area contributed by atoms with E-state index in [0.717, 1.165) is 17.5 Å². The Morgan fingerprint density at radius 1 is 1.19 bits per heavy atom. The average molecular weight is 220 g/mol. The molecule has 16 heavy (non-hydrogen) atoms. The number of carboxylic acid groups (broad SMARTS) is 2. The van der Waals surface area contributed by atoms with Crippen LogP contribution >= 0.6 is 0 Å². The van der Waals surface area contributed by atoms with E-state index in [-0.39, 0.29) is 0 Å². The first-order valence-corrected chi connectivity index (χ1v) is 5.14. The second kappa shape index (κ2) is 3.96. The molecule has 0 fully saturated rings. The van der Waals surface area contributed by atoms with Gasteiger partial charge in [0.25, 0.3) is 0 Å². The Bertz CT molecular complexity index is 424. The topological polar surface area (TPSA) is 74.6 Å². The van der Waals surface area contributed by atoms with Gasteiger partial charge in [-0.3, -0.25) is 9.59 Å². The lowest BCUT2D eigenvalue weighted by Gasteiger charge is -2.16. The van der Waals surface area contributed by atoms with Crippen molar-refractivity contribution in [1.29, 1.82) is 0 Å². The Kier molecular flexibility index (Phi) is 2.64. The summed E-state index contributed by atoms with van der Waals surface area (Å²) in [5, 5.41) is 17.9. The van der Waals surface area contributed by atoms with Gasteiger partial charge in [-0.05, 0) is 24.0 Å². The number of rotatable bonds is 3. The molecular weight excluding hydrogens is 208 g/mol. The number of hydrogen-bond acceptors (Lipinski definition) is 2. The van der Waals surface area contributed by atoms with Gasteiger partial charge in [0.15, 0.2) is 5.92 Å². The van der Waals surface area contributed by atoms with Crippen LogP contribution in [-0.2, 0) is 16.0 Å². The van der Waals surface area contributed by atoms with Crippen molar-refractivity contribution < 1.29 is 19.8 Å². The average Bonchev–Trinajstić information content (AvgIpc) is 2.61. The van der Waals surface area contributed by atoms with Crippen molar-refractivity contribution in [1.82, 2.24) is 0 Å². The third kappa shape index (κ3) is 1.66. The van der Waals surface area contributed by atoms with Crippen molar-refractivity contribution in [2.24, 2.45) is 5.92 Å². The van der Waals surface area contributed by atoms with Crippen molar-refractivity contribution in [3.8, 4) is 0 Å². The summed E-state index contributed by atoms with van der Waals surface area (Å²) in [7, 11) is 0. The summed E-state index contributed by atoms with van der Waals surface area (Å²) in [6.45, 7) is 0. The third-order valence-electron chi connectivity index (χ3n) is 3.11. The van der Waals surface area contributed by atoms with E-state index in [1.807, 2.05) is 24.3 Å². The van der Waals surface area contributed by atoms with Crippen LogP contribution in [0.4, 0.5) is 0 Å². The second-order valence-corrected chi connectivity index (χ2v) is 4.00. The molecule has 0 saturated carbocycles. The maximum atomic E-state index is 11.0. The van der Waals surface area contributed by atoms with Gasteiger partial charge in [-0.1, -0.05) is 24.3 Å². The molecule has 4 nitrogen and oxygen atoms in total. The van der Waals surface area contributed by atoms with Crippen molar-refractivity contribution >= 4 is 11.9 Å². The molecule has 0 aromatic heterocycles. The van der Waals surface area contributed by atoms with E-state index in [1.54, 1.807) is 0 Å². The van der Waals surface area contributed by atoms with Gasteiger partial charge in [0.1, 0.15) is 0 Å². The molecular formula is C12H12O4. The normalized spacial score (nSPS) is 18.4. The minimum atomic E-state index is -1.33. The summed E-state index contributed by atoms with van der Waals surface area (Å²) < 4.78 is 0. The highest BCUT2D eigenvalue weighted by Gasteiger charge is 2.39. The Morgan fingerprint density at radius 2 is 1.81 bits per heavy atom. The van der Waals surface area contributed by atoms with Gasteiger partial charge in [0, 0.05) is 5.92 Å². The van der Waals surface area contributed by atoms with E-state index < -0.39 is 23.8 Å². The van der Waals surface area contributed by atoms with Gasteiger partial charge in [-0.25, -0.2) is 0 Å². The van der Waals surface area contributed by atoms with E-state index in [1.165, 1.54) is 0 Å². The molecule has 0 bridgehead atoms. The first-order valence-electron chi connectivity index (χ1n) is 5.14. The van der Waals surface area contributed by atoms with Crippen LogP contribution in [0.5, 0.6) is 0 Å².